The second kappa shape index (κ2) is 4.16. The van der Waals surface area contributed by atoms with E-state index in [9.17, 15) is 8.78 Å². The van der Waals surface area contributed by atoms with Crippen molar-refractivity contribution in [3.8, 4) is 0 Å². The molecule has 0 nitrogen and oxygen atoms in total. The van der Waals surface area contributed by atoms with E-state index in [0.29, 0.717) is 5.92 Å². The number of alkyl halides is 2. The highest BCUT2D eigenvalue weighted by Crippen LogP contribution is 2.43. The van der Waals surface area contributed by atoms with E-state index in [-0.39, 0.29) is 12.8 Å². The molecular weight excluding hydrogens is 182 g/mol. The lowest BCUT2D eigenvalue weighted by Crippen LogP contribution is -2.29. The quantitative estimate of drug-likeness (QED) is 0.591. The molecule has 0 aromatic heterocycles. The molecule has 2 fully saturated rings. The molecule has 2 aliphatic carbocycles. The Morgan fingerprint density at radius 2 is 1.21 bits per heavy atom. The number of hydrogen-bond donors (Lipinski definition) is 0. The van der Waals surface area contributed by atoms with Crippen LogP contribution in [0.2, 0.25) is 0 Å². The Labute approximate surface area is 85.1 Å². The fraction of sp³-hybridized carbons (Fsp3) is 1.00. The fourth-order valence-electron chi connectivity index (χ4n) is 3.14. The van der Waals surface area contributed by atoms with E-state index < -0.39 is 5.92 Å². The Balaban J connectivity index is 1.82. The highest BCUT2D eigenvalue weighted by Gasteiger charge is 2.37. The first-order valence-electron chi connectivity index (χ1n) is 6.05. The van der Waals surface area contributed by atoms with Gasteiger partial charge in [0.15, 0.2) is 0 Å². The van der Waals surface area contributed by atoms with E-state index in [2.05, 4.69) is 0 Å². The van der Waals surface area contributed by atoms with E-state index >= 15 is 0 Å². The zero-order chi connectivity index (χ0) is 10.0. The molecule has 0 heterocycles. The summed E-state index contributed by atoms with van der Waals surface area (Å²) in [6, 6.07) is 0. The van der Waals surface area contributed by atoms with Crippen molar-refractivity contribution in [3.63, 3.8) is 0 Å². The van der Waals surface area contributed by atoms with E-state index in [4.69, 9.17) is 0 Å². The number of rotatable bonds is 1. The van der Waals surface area contributed by atoms with Crippen LogP contribution in [-0.4, -0.2) is 5.92 Å². The molecule has 0 aliphatic heterocycles. The molecule has 14 heavy (non-hydrogen) atoms. The third-order valence-electron chi connectivity index (χ3n) is 4.08. The molecule has 2 heteroatoms. The van der Waals surface area contributed by atoms with Gasteiger partial charge in [-0.05, 0) is 24.7 Å². The van der Waals surface area contributed by atoms with E-state index in [1.54, 1.807) is 0 Å². The van der Waals surface area contributed by atoms with Gasteiger partial charge in [-0.25, -0.2) is 8.78 Å². The Bertz CT molecular complexity index is 173. The highest BCUT2D eigenvalue weighted by atomic mass is 19.3. The maximum absolute atomic E-state index is 12.9. The summed E-state index contributed by atoms with van der Waals surface area (Å²) in [5.74, 6) is -0.944. The first-order chi connectivity index (χ1) is 6.67. The minimum atomic E-state index is -2.34. The molecule has 0 aromatic rings. The predicted molar refractivity (Wildman–Crippen MR) is 53.5 cm³/mol. The Morgan fingerprint density at radius 1 is 0.714 bits per heavy atom. The molecule has 0 unspecified atom stereocenters. The van der Waals surface area contributed by atoms with Gasteiger partial charge in [0.1, 0.15) is 0 Å². The zero-order valence-corrected chi connectivity index (χ0v) is 8.77. The van der Waals surface area contributed by atoms with Crippen molar-refractivity contribution < 1.29 is 8.78 Å². The standard InChI is InChI=1S/C12H20F2/c13-12(14)8-6-11(7-9-12)10-4-2-1-3-5-10/h10-11H,1-9H2. The molecule has 82 valence electrons. The Morgan fingerprint density at radius 3 is 1.79 bits per heavy atom. The van der Waals surface area contributed by atoms with Crippen LogP contribution in [0.1, 0.15) is 57.8 Å². The minimum absolute atomic E-state index is 0.147. The summed E-state index contributed by atoms with van der Waals surface area (Å²) in [7, 11) is 0. The van der Waals surface area contributed by atoms with Crippen LogP contribution in [0.15, 0.2) is 0 Å². The monoisotopic (exact) mass is 202 g/mol. The molecule has 0 bridgehead atoms. The Hall–Kier alpha value is -0.140. The predicted octanol–water partition coefficient (Wildman–Crippen LogP) is 4.39. The van der Waals surface area contributed by atoms with Crippen molar-refractivity contribution in [1.82, 2.24) is 0 Å². The van der Waals surface area contributed by atoms with Crippen molar-refractivity contribution in [2.75, 3.05) is 0 Å². The first-order valence-corrected chi connectivity index (χ1v) is 6.05. The average molecular weight is 202 g/mol. The van der Waals surface area contributed by atoms with E-state index in [1.165, 1.54) is 32.1 Å². The molecule has 0 N–H and O–H groups in total. The summed E-state index contributed by atoms with van der Waals surface area (Å²) < 4.78 is 25.9. The van der Waals surface area contributed by atoms with Crippen LogP contribution in [0.3, 0.4) is 0 Å². The summed E-state index contributed by atoms with van der Waals surface area (Å²) in [5, 5.41) is 0. The second-order valence-electron chi connectivity index (χ2n) is 5.09. The molecule has 2 saturated carbocycles. The lowest BCUT2D eigenvalue weighted by atomic mass is 9.73. The van der Waals surface area contributed by atoms with Crippen LogP contribution in [0.4, 0.5) is 8.78 Å². The van der Waals surface area contributed by atoms with Crippen LogP contribution in [-0.2, 0) is 0 Å². The topological polar surface area (TPSA) is 0 Å². The summed E-state index contributed by atoms with van der Waals surface area (Å²) in [6.07, 6.45) is 8.47. The third kappa shape index (κ3) is 2.46. The third-order valence-corrected chi connectivity index (χ3v) is 4.08. The molecule has 0 amide bonds. The SMILES string of the molecule is FC1(F)CCC(C2CCCCC2)CC1. The van der Waals surface area contributed by atoms with Gasteiger partial charge in [-0.15, -0.1) is 0 Å². The number of hydrogen-bond acceptors (Lipinski definition) is 0. The van der Waals surface area contributed by atoms with E-state index in [1.807, 2.05) is 0 Å². The fourth-order valence-corrected chi connectivity index (χ4v) is 3.14. The molecule has 0 spiro atoms. The van der Waals surface area contributed by atoms with Gasteiger partial charge in [-0.1, -0.05) is 32.1 Å². The van der Waals surface area contributed by atoms with Crippen LogP contribution < -0.4 is 0 Å². The average Bonchev–Trinajstić information content (AvgIpc) is 2.19. The van der Waals surface area contributed by atoms with Crippen molar-refractivity contribution >= 4 is 0 Å². The van der Waals surface area contributed by atoms with Crippen LogP contribution >= 0.6 is 0 Å². The molecule has 0 atom stereocenters. The van der Waals surface area contributed by atoms with Gasteiger partial charge < -0.3 is 0 Å². The van der Waals surface area contributed by atoms with Gasteiger partial charge in [0.25, 0.3) is 0 Å². The van der Waals surface area contributed by atoms with Crippen molar-refractivity contribution in [1.29, 1.82) is 0 Å². The van der Waals surface area contributed by atoms with Crippen LogP contribution in [0.5, 0.6) is 0 Å². The summed E-state index contributed by atoms with van der Waals surface area (Å²) in [6.45, 7) is 0. The molecule has 0 saturated heterocycles. The molecular formula is C12H20F2. The summed E-state index contributed by atoms with van der Waals surface area (Å²) >= 11 is 0. The smallest absolute Gasteiger partial charge is 0.207 e. The zero-order valence-electron chi connectivity index (χ0n) is 8.77. The van der Waals surface area contributed by atoms with Crippen molar-refractivity contribution in [3.05, 3.63) is 0 Å². The Kier molecular flexibility index (Phi) is 3.08. The second-order valence-corrected chi connectivity index (χ2v) is 5.09. The summed E-state index contributed by atoms with van der Waals surface area (Å²) in [4.78, 5) is 0. The molecule has 2 aliphatic rings. The molecule has 0 radical (unpaired) electrons. The van der Waals surface area contributed by atoms with Gasteiger partial charge >= 0.3 is 0 Å². The minimum Gasteiger partial charge on any atom is -0.207 e. The highest BCUT2D eigenvalue weighted by molar-refractivity contribution is 4.82. The first kappa shape index (κ1) is 10.4. The lowest BCUT2D eigenvalue weighted by Gasteiger charge is -2.35. The van der Waals surface area contributed by atoms with Gasteiger partial charge in [0, 0.05) is 12.8 Å². The largest absolute Gasteiger partial charge is 0.248 e. The van der Waals surface area contributed by atoms with Gasteiger partial charge in [0.05, 0.1) is 0 Å². The van der Waals surface area contributed by atoms with Crippen LogP contribution in [0.25, 0.3) is 0 Å². The van der Waals surface area contributed by atoms with Gasteiger partial charge in [-0.3, -0.25) is 0 Å². The van der Waals surface area contributed by atoms with Crippen LogP contribution in [0, 0.1) is 11.8 Å². The van der Waals surface area contributed by atoms with Crippen molar-refractivity contribution in [2.45, 2.75) is 63.7 Å². The normalized spacial score (nSPS) is 30.4. The van der Waals surface area contributed by atoms with Crippen molar-refractivity contribution in [2.24, 2.45) is 11.8 Å². The molecule has 2 rings (SSSR count). The maximum Gasteiger partial charge on any atom is 0.248 e. The lowest BCUT2D eigenvalue weighted by molar-refractivity contribution is -0.0541. The number of halogens is 2. The van der Waals surface area contributed by atoms with Gasteiger partial charge in [0.2, 0.25) is 5.92 Å². The summed E-state index contributed by atoms with van der Waals surface area (Å²) in [5.41, 5.74) is 0. The maximum atomic E-state index is 12.9. The van der Waals surface area contributed by atoms with Gasteiger partial charge in [-0.2, -0.15) is 0 Å². The molecule has 0 aromatic carbocycles. The van der Waals surface area contributed by atoms with E-state index in [0.717, 1.165) is 18.8 Å².